The number of rotatable bonds is 13. The fourth-order valence-corrected chi connectivity index (χ4v) is 4.96. The van der Waals surface area contributed by atoms with E-state index in [1.807, 2.05) is 20.8 Å². The van der Waals surface area contributed by atoms with Gasteiger partial charge in [0.2, 0.25) is 0 Å². The molecule has 1 aromatic rings. The molecular formula is C16H27NO6Si. The first kappa shape index (κ1) is 20.7. The van der Waals surface area contributed by atoms with Crippen molar-refractivity contribution in [2.75, 3.05) is 26.4 Å². The second-order valence-corrected chi connectivity index (χ2v) is 7.76. The maximum Gasteiger partial charge on any atom is 0.501 e. The van der Waals surface area contributed by atoms with Gasteiger partial charge in [0.1, 0.15) is 0 Å². The summed E-state index contributed by atoms with van der Waals surface area (Å²) in [6.45, 7) is 8.08. The Hall–Kier alpha value is -1.32. The van der Waals surface area contributed by atoms with Crippen LogP contribution in [0.1, 0.15) is 32.8 Å². The molecule has 0 heterocycles. The van der Waals surface area contributed by atoms with Crippen LogP contribution in [0.2, 0.25) is 6.04 Å². The van der Waals surface area contributed by atoms with Gasteiger partial charge in [0, 0.05) is 38.5 Å². The van der Waals surface area contributed by atoms with E-state index in [9.17, 15) is 10.1 Å². The summed E-state index contributed by atoms with van der Waals surface area (Å²) >= 11 is 0. The van der Waals surface area contributed by atoms with Crippen LogP contribution in [-0.4, -0.2) is 40.2 Å². The summed E-state index contributed by atoms with van der Waals surface area (Å²) in [6, 6.07) is 7.27. The Kier molecular flexibility index (Phi) is 9.73. The van der Waals surface area contributed by atoms with E-state index in [4.69, 9.17) is 18.0 Å². The molecule has 0 N–H and O–H groups in total. The summed E-state index contributed by atoms with van der Waals surface area (Å²) in [5.74, 6) is 0. The van der Waals surface area contributed by atoms with Crippen molar-refractivity contribution in [3.8, 4) is 0 Å². The molecule has 0 aromatic heterocycles. The molecule has 0 aliphatic carbocycles. The van der Waals surface area contributed by atoms with E-state index < -0.39 is 13.7 Å². The molecule has 0 aliphatic rings. The molecule has 8 heteroatoms. The van der Waals surface area contributed by atoms with E-state index in [0.717, 1.165) is 0 Å². The molecule has 1 rings (SSSR count). The molecule has 0 atom stereocenters. The van der Waals surface area contributed by atoms with Gasteiger partial charge < -0.3 is 18.0 Å². The van der Waals surface area contributed by atoms with Gasteiger partial charge in [-0.2, -0.15) is 0 Å². The quantitative estimate of drug-likeness (QED) is 0.232. The number of para-hydroxylation sites is 1. The Morgan fingerprint density at radius 2 is 1.62 bits per heavy atom. The number of benzene rings is 1. The Labute approximate surface area is 144 Å². The summed E-state index contributed by atoms with van der Waals surface area (Å²) in [4.78, 5) is 10.6. The number of hydrogen-bond acceptors (Lipinski definition) is 6. The highest BCUT2D eigenvalue weighted by Crippen LogP contribution is 2.20. The standard InChI is InChI=1S/C16H27NO6Si/c1-4-21-24(22-5-2,23-6-3)13-9-12-20-14-15-10-7-8-11-16(15)17(18)19/h7-8,10-11H,4-6,9,12-14H2,1-3H3. The monoisotopic (exact) mass is 357 g/mol. The van der Waals surface area contributed by atoms with Gasteiger partial charge in [-0.1, -0.05) is 12.1 Å². The van der Waals surface area contributed by atoms with Gasteiger partial charge in [-0.3, -0.25) is 10.1 Å². The van der Waals surface area contributed by atoms with Gasteiger partial charge in [-0.05, 0) is 33.3 Å². The van der Waals surface area contributed by atoms with E-state index in [1.54, 1.807) is 18.2 Å². The van der Waals surface area contributed by atoms with Crippen LogP contribution in [-0.2, 0) is 24.6 Å². The third-order valence-electron chi connectivity index (χ3n) is 3.31. The third-order valence-corrected chi connectivity index (χ3v) is 6.46. The van der Waals surface area contributed by atoms with Crippen molar-refractivity contribution in [2.45, 2.75) is 39.8 Å². The van der Waals surface area contributed by atoms with E-state index in [1.165, 1.54) is 6.07 Å². The molecule has 0 saturated heterocycles. The fraction of sp³-hybridized carbons (Fsp3) is 0.625. The van der Waals surface area contributed by atoms with Gasteiger partial charge >= 0.3 is 8.80 Å². The van der Waals surface area contributed by atoms with Crippen molar-refractivity contribution in [3.63, 3.8) is 0 Å². The van der Waals surface area contributed by atoms with Crippen LogP contribution in [0, 0.1) is 10.1 Å². The van der Waals surface area contributed by atoms with E-state index in [-0.39, 0.29) is 12.3 Å². The molecule has 0 amide bonds. The zero-order chi connectivity index (χ0) is 17.8. The lowest BCUT2D eigenvalue weighted by Crippen LogP contribution is -2.46. The first-order valence-electron chi connectivity index (χ1n) is 8.30. The lowest BCUT2D eigenvalue weighted by atomic mass is 10.2. The van der Waals surface area contributed by atoms with Crippen LogP contribution in [0.5, 0.6) is 0 Å². The minimum atomic E-state index is -2.64. The number of nitrogens with zero attached hydrogens (tertiary/aromatic N) is 1. The predicted molar refractivity (Wildman–Crippen MR) is 92.8 cm³/mol. The van der Waals surface area contributed by atoms with E-state index in [2.05, 4.69) is 0 Å². The first-order valence-corrected chi connectivity index (χ1v) is 10.2. The lowest BCUT2D eigenvalue weighted by molar-refractivity contribution is -0.385. The van der Waals surface area contributed by atoms with Crippen molar-refractivity contribution in [1.82, 2.24) is 0 Å². The molecule has 0 aliphatic heterocycles. The molecule has 0 fully saturated rings. The van der Waals surface area contributed by atoms with Crippen LogP contribution < -0.4 is 0 Å². The fourth-order valence-electron chi connectivity index (χ4n) is 2.39. The van der Waals surface area contributed by atoms with Crippen molar-refractivity contribution in [1.29, 1.82) is 0 Å². The largest absolute Gasteiger partial charge is 0.501 e. The van der Waals surface area contributed by atoms with Crippen LogP contribution in [0.25, 0.3) is 0 Å². The van der Waals surface area contributed by atoms with Gasteiger partial charge in [0.25, 0.3) is 5.69 Å². The SMILES string of the molecule is CCO[Si](CCCOCc1ccccc1[N+](=O)[O-])(OCC)OCC. The summed E-state index contributed by atoms with van der Waals surface area (Å²) in [6.07, 6.45) is 0.715. The summed E-state index contributed by atoms with van der Waals surface area (Å²) in [5, 5.41) is 11.0. The number of hydrogen-bond donors (Lipinski definition) is 0. The topological polar surface area (TPSA) is 80.1 Å². The normalized spacial score (nSPS) is 11.6. The maximum atomic E-state index is 11.0. The second kappa shape index (κ2) is 11.3. The molecule has 0 spiro atoms. The number of nitro groups is 1. The summed E-state index contributed by atoms with van der Waals surface area (Å²) in [5.41, 5.74) is 0.657. The molecule has 1 aromatic carbocycles. The van der Waals surface area contributed by atoms with Crippen LogP contribution in [0.15, 0.2) is 24.3 Å². The predicted octanol–water partition coefficient (Wildman–Crippen LogP) is 3.55. The van der Waals surface area contributed by atoms with Gasteiger partial charge in [0.05, 0.1) is 17.1 Å². The van der Waals surface area contributed by atoms with Gasteiger partial charge in [-0.15, -0.1) is 0 Å². The highest BCUT2D eigenvalue weighted by molar-refractivity contribution is 6.60. The third kappa shape index (κ3) is 6.66. The summed E-state index contributed by atoms with van der Waals surface area (Å²) < 4.78 is 22.9. The number of nitro benzene ring substituents is 1. The maximum absolute atomic E-state index is 11.0. The minimum Gasteiger partial charge on any atom is -0.377 e. The van der Waals surface area contributed by atoms with Crippen LogP contribution in [0.4, 0.5) is 5.69 Å². The molecule has 136 valence electrons. The molecule has 0 saturated carbocycles. The van der Waals surface area contributed by atoms with Crippen molar-refractivity contribution in [3.05, 3.63) is 39.9 Å². The molecule has 7 nitrogen and oxygen atoms in total. The Morgan fingerprint density at radius 1 is 1.04 bits per heavy atom. The van der Waals surface area contributed by atoms with Crippen molar-refractivity contribution >= 4 is 14.5 Å². The van der Waals surface area contributed by atoms with Gasteiger partial charge in [-0.25, -0.2) is 0 Å². The first-order chi connectivity index (χ1) is 11.6. The Balaban J connectivity index is 2.47. The number of ether oxygens (including phenoxy) is 1. The molecule has 0 radical (unpaired) electrons. The van der Waals surface area contributed by atoms with E-state index in [0.29, 0.717) is 44.5 Å². The van der Waals surface area contributed by atoms with Crippen LogP contribution >= 0.6 is 0 Å². The van der Waals surface area contributed by atoms with Crippen molar-refractivity contribution in [2.24, 2.45) is 0 Å². The molecule has 0 bridgehead atoms. The van der Waals surface area contributed by atoms with Crippen LogP contribution in [0.3, 0.4) is 0 Å². The average Bonchev–Trinajstić information content (AvgIpc) is 2.55. The molecule has 24 heavy (non-hydrogen) atoms. The minimum absolute atomic E-state index is 0.0826. The zero-order valence-electron chi connectivity index (χ0n) is 14.7. The highest BCUT2D eigenvalue weighted by atomic mass is 28.4. The second-order valence-electron chi connectivity index (χ2n) is 5.02. The lowest BCUT2D eigenvalue weighted by Gasteiger charge is -2.28. The average molecular weight is 357 g/mol. The van der Waals surface area contributed by atoms with Gasteiger partial charge in [0.15, 0.2) is 0 Å². The Bertz CT molecular complexity index is 482. The zero-order valence-corrected chi connectivity index (χ0v) is 15.7. The molecular weight excluding hydrogens is 330 g/mol. The van der Waals surface area contributed by atoms with Crippen molar-refractivity contribution < 1.29 is 22.9 Å². The summed E-state index contributed by atoms with van der Waals surface area (Å²) in [7, 11) is -2.64. The smallest absolute Gasteiger partial charge is 0.377 e. The Morgan fingerprint density at radius 3 is 2.17 bits per heavy atom. The molecule has 0 unspecified atom stereocenters. The highest BCUT2D eigenvalue weighted by Gasteiger charge is 2.39. The van der Waals surface area contributed by atoms with E-state index >= 15 is 0 Å².